The van der Waals surface area contributed by atoms with Crippen molar-refractivity contribution in [1.29, 1.82) is 0 Å². The lowest BCUT2D eigenvalue weighted by Gasteiger charge is -2.36. The van der Waals surface area contributed by atoms with Gasteiger partial charge in [-0.3, -0.25) is 20.2 Å². The van der Waals surface area contributed by atoms with Crippen molar-refractivity contribution >= 4 is 74.3 Å². The lowest BCUT2D eigenvalue weighted by Crippen LogP contribution is -2.55. The largest absolute Gasteiger partial charge is 0.442 e. The molecule has 4 rings (SSSR count). The quantitative estimate of drug-likeness (QED) is 0.129. The molecule has 0 bridgehead atoms. The molecule has 0 fully saturated rings. The average molecular weight is 752 g/mol. The fourth-order valence-electron chi connectivity index (χ4n) is 5.09. The number of nitrogens with two attached hydrogens (primary N) is 1. The number of carbonyl (C=O) groups is 4. The van der Waals surface area contributed by atoms with Gasteiger partial charge in [-0.05, 0) is 95.4 Å². The van der Waals surface area contributed by atoms with Crippen LogP contribution in [0.4, 0.5) is 26.7 Å². The highest BCUT2D eigenvalue weighted by Crippen LogP contribution is 2.28. The van der Waals surface area contributed by atoms with Gasteiger partial charge in [-0.15, -0.1) is 0 Å². The van der Waals surface area contributed by atoms with E-state index < -0.39 is 48.3 Å². The predicted octanol–water partition coefficient (Wildman–Crippen LogP) is 5.99. The van der Waals surface area contributed by atoms with Gasteiger partial charge >= 0.3 is 12.2 Å². The first-order valence-electron chi connectivity index (χ1n) is 15.6. The Labute approximate surface area is 298 Å². The third-order valence-corrected chi connectivity index (χ3v) is 8.26. The van der Waals surface area contributed by atoms with Gasteiger partial charge in [0, 0.05) is 27.8 Å². The number of thiocarbonyl (C=S) groups is 1. The Morgan fingerprint density at radius 2 is 1.49 bits per heavy atom. The number of hydrogen-bond donors (Lipinski definition) is 6. The normalized spacial score (nSPS) is 17.5. The summed E-state index contributed by atoms with van der Waals surface area (Å²) in [5.41, 5.74) is 8.40. The summed E-state index contributed by atoms with van der Waals surface area (Å²) >= 11 is 9.17. The maximum Gasteiger partial charge on any atom is 0.412 e. The van der Waals surface area contributed by atoms with Gasteiger partial charge in [-0.1, -0.05) is 56.3 Å². The minimum Gasteiger partial charge on any atom is -0.442 e. The summed E-state index contributed by atoms with van der Waals surface area (Å²) in [5.74, 6) is -1.22. The fraction of sp³-hybridized carbons (Fsp3) is 0.286. The number of primary amides is 1. The van der Waals surface area contributed by atoms with E-state index in [1.54, 1.807) is 60.7 Å². The smallest absolute Gasteiger partial charge is 0.412 e. The van der Waals surface area contributed by atoms with Gasteiger partial charge in [-0.25, -0.2) is 9.59 Å². The number of para-hydroxylation sites is 2. The summed E-state index contributed by atoms with van der Waals surface area (Å²) in [6, 6.07) is 21.0. The SMILES string of the molecule is Cc1ccc(NC(=S)N[C@@H]2C=C(C(=O)N[C@H](CC(C)C)C(N)=O)C[C@@H](OC(=O)Nc3ccccc3)[C@@H]2OC(=O)Nc2ccccc2)c(Br)c1. The molecule has 49 heavy (non-hydrogen) atoms. The van der Waals surface area contributed by atoms with Gasteiger partial charge in [0.05, 0.1) is 11.7 Å². The summed E-state index contributed by atoms with van der Waals surface area (Å²) in [4.78, 5) is 52.2. The molecule has 3 aromatic carbocycles. The van der Waals surface area contributed by atoms with Crippen LogP contribution in [0.15, 0.2) is 95.0 Å². The predicted molar refractivity (Wildman–Crippen MR) is 196 cm³/mol. The second-order valence-electron chi connectivity index (χ2n) is 11.9. The second-order valence-corrected chi connectivity index (χ2v) is 13.1. The van der Waals surface area contributed by atoms with Gasteiger partial charge in [-0.2, -0.15) is 0 Å². The van der Waals surface area contributed by atoms with Crippen LogP contribution in [0.25, 0.3) is 0 Å². The topological polar surface area (TPSA) is 173 Å². The van der Waals surface area contributed by atoms with E-state index in [4.69, 9.17) is 27.4 Å². The Morgan fingerprint density at radius 1 is 0.898 bits per heavy atom. The second kappa shape index (κ2) is 17.4. The van der Waals surface area contributed by atoms with Gasteiger partial charge in [0.1, 0.15) is 12.1 Å². The van der Waals surface area contributed by atoms with E-state index in [-0.39, 0.29) is 23.0 Å². The molecule has 0 saturated heterocycles. The summed E-state index contributed by atoms with van der Waals surface area (Å²) in [6.45, 7) is 5.75. The van der Waals surface area contributed by atoms with Crippen molar-refractivity contribution in [2.24, 2.45) is 11.7 Å². The van der Waals surface area contributed by atoms with Crippen molar-refractivity contribution in [3.8, 4) is 0 Å². The molecule has 0 aliphatic heterocycles. The van der Waals surface area contributed by atoms with Crippen molar-refractivity contribution in [3.05, 3.63) is 101 Å². The van der Waals surface area contributed by atoms with Crippen molar-refractivity contribution in [2.75, 3.05) is 16.0 Å². The van der Waals surface area contributed by atoms with Crippen molar-refractivity contribution in [1.82, 2.24) is 10.6 Å². The van der Waals surface area contributed by atoms with E-state index in [1.807, 2.05) is 39.0 Å². The number of ether oxygens (including phenoxy) is 2. The van der Waals surface area contributed by atoms with Crippen LogP contribution in [-0.4, -0.2) is 53.4 Å². The fourth-order valence-corrected chi connectivity index (χ4v) is 5.93. The van der Waals surface area contributed by atoms with Crippen LogP contribution in [0.1, 0.15) is 32.3 Å². The van der Waals surface area contributed by atoms with Crippen LogP contribution >= 0.6 is 28.1 Å². The number of rotatable bonds is 11. The van der Waals surface area contributed by atoms with Crippen molar-refractivity contribution in [3.63, 3.8) is 0 Å². The van der Waals surface area contributed by atoms with Gasteiger partial charge < -0.3 is 31.2 Å². The molecule has 1 aliphatic rings. The van der Waals surface area contributed by atoms with Crippen LogP contribution in [-0.2, 0) is 19.1 Å². The standard InChI is InChI=1S/C35H39BrN6O6S/c1-20(2)16-28(31(37)43)40-32(44)22-18-27(42-33(49)41-26-15-14-21(3)17-25(26)36)30(48-35(46)39-24-12-8-5-9-13-24)29(19-22)47-34(45)38-23-10-6-4-7-11-23/h4-15,17-18,20,27-30H,16,19H2,1-3H3,(H2,37,43)(H,38,45)(H,39,46)(H,40,44)(H2,41,42,49)/t27-,28-,29-,30-/m1/s1. The summed E-state index contributed by atoms with van der Waals surface area (Å²) in [7, 11) is 0. The highest BCUT2D eigenvalue weighted by molar-refractivity contribution is 9.10. The zero-order valence-corrected chi connectivity index (χ0v) is 29.6. The molecule has 7 N–H and O–H groups in total. The number of aryl methyl sites for hydroxylation is 1. The number of hydrogen-bond acceptors (Lipinski definition) is 7. The molecule has 4 amide bonds. The molecule has 0 aromatic heterocycles. The molecular weight excluding hydrogens is 712 g/mol. The summed E-state index contributed by atoms with van der Waals surface area (Å²) in [5, 5.41) is 14.4. The monoisotopic (exact) mass is 750 g/mol. The molecule has 0 heterocycles. The molecular formula is C35H39BrN6O6S. The molecule has 4 atom stereocenters. The first kappa shape index (κ1) is 36.9. The Kier molecular flexibility index (Phi) is 13.1. The number of nitrogens with one attached hydrogen (secondary N) is 5. The third kappa shape index (κ3) is 11.3. The van der Waals surface area contributed by atoms with E-state index in [9.17, 15) is 19.2 Å². The maximum atomic E-state index is 13.6. The van der Waals surface area contributed by atoms with Crippen molar-refractivity contribution < 1.29 is 28.7 Å². The Balaban J connectivity index is 1.67. The van der Waals surface area contributed by atoms with Crippen LogP contribution in [0.3, 0.4) is 0 Å². The first-order valence-corrected chi connectivity index (χ1v) is 16.8. The Bertz CT molecular complexity index is 1690. The van der Waals surface area contributed by atoms with Gasteiger partial charge in [0.2, 0.25) is 11.8 Å². The molecule has 1 aliphatic carbocycles. The lowest BCUT2D eigenvalue weighted by atomic mass is 9.89. The van der Waals surface area contributed by atoms with E-state index in [1.165, 1.54) is 6.08 Å². The maximum absolute atomic E-state index is 13.6. The number of anilines is 3. The lowest BCUT2D eigenvalue weighted by molar-refractivity contribution is -0.126. The number of carbonyl (C=O) groups excluding carboxylic acids is 4. The minimum absolute atomic E-state index is 0.0655. The Morgan fingerprint density at radius 3 is 2.04 bits per heavy atom. The molecule has 258 valence electrons. The van der Waals surface area contributed by atoms with E-state index in [0.717, 1.165) is 10.0 Å². The molecule has 0 saturated carbocycles. The average Bonchev–Trinajstić information content (AvgIpc) is 3.04. The zero-order chi connectivity index (χ0) is 35.5. The van der Waals surface area contributed by atoms with Gasteiger partial charge in [0.15, 0.2) is 11.2 Å². The van der Waals surface area contributed by atoms with Crippen LogP contribution in [0.5, 0.6) is 0 Å². The number of halogens is 1. The zero-order valence-electron chi connectivity index (χ0n) is 27.2. The van der Waals surface area contributed by atoms with Crippen LogP contribution in [0.2, 0.25) is 0 Å². The number of benzene rings is 3. The van der Waals surface area contributed by atoms with E-state index in [2.05, 4.69) is 42.5 Å². The molecule has 14 heteroatoms. The highest BCUT2D eigenvalue weighted by atomic mass is 79.9. The molecule has 0 spiro atoms. The summed E-state index contributed by atoms with van der Waals surface area (Å²) in [6.07, 6.45) is -2.33. The molecule has 0 unspecified atom stereocenters. The minimum atomic E-state index is -1.18. The van der Waals surface area contributed by atoms with E-state index in [0.29, 0.717) is 23.5 Å². The third-order valence-electron chi connectivity index (χ3n) is 7.38. The molecule has 0 radical (unpaired) electrons. The highest BCUT2D eigenvalue weighted by Gasteiger charge is 2.41. The van der Waals surface area contributed by atoms with Crippen molar-refractivity contribution in [2.45, 2.75) is 57.9 Å². The number of amides is 4. The Hall–Kier alpha value is -4.95. The summed E-state index contributed by atoms with van der Waals surface area (Å²) < 4.78 is 12.5. The van der Waals surface area contributed by atoms with Crippen LogP contribution < -0.4 is 32.3 Å². The van der Waals surface area contributed by atoms with Crippen LogP contribution in [0, 0.1) is 12.8 Å². The molecule has 12 nitrogen and oxygen atoms in total. The van der Waals surface area contributed by atoms with Gasteiger partial charge in [0.25, 0.3) is 0 Å². The molecule has 3 aromatic rings. The first-order chi connectivity index (χ1) is 23.4. The van der Waals surface area contributed by atoms with E-state index >= 15 is 0 Å².